The topological polar surface area (TPSA) is 142 Å². The van der Waals surface area contributed by atoms with Crippen LogP contribution in [0.5, 0.6) is 0 Å². The minimum absolute atomic E-state index is 0.0386. The smallest absolute Gasteiger partial charge is 0.235 e. The lowest BCUT2D eigenvalue weighted by molar-refractivity contribution is -0.158. The molecule has 2 saturated heterocycles. The molecule has 0 bridgehead atoms. The number of imide groups is 2. The molecule has 5 amide bonds. The van der Waals surface area contributed by atoms with E-state index in [4.69, 9.17) is 4.74 Å². The number of hydrogen-bond acceptors (Lipinski definition) is 8. The van der Waals surface area contributed by atoms with E-state index in [0.717, 1.165) is 22.6 Å². The zero-order valence-corrected chi connectivity index (χ0v) is 23.8. The Morgan fingerprint density at radius 3 is 1.90 bits per heavy atom. The van der Waals surface area contributed by atoms with Crippen LogP contribution in [0.1, 0.15) is 86.5 Å². The van der Waals surface area contributed by atoms with E-state index in [9.17, 15) is 28.8 Å². The van der Waals surface area contributed by atoms with Crippen molar-refractivity contribution < 1.29 is 33.5 Å². The lowest BCUT2D eigenvalue weighted by Crippen LogP contribution is -2.67. The molecule has 0 aromatic heterocycles. The molecule has 2 aliphatic heterocycles. The first-order valence-electron chi connectivity index (χ1n) is 14.1. The minimum atomic E-state index is -1.38. The summed E-state index contributed by atoms with van der Waals surface area (Å²) in [4.78, 5) is 79.5. The van der Waals surface area contributed by atoms with E-state index in [1.165, 1.54) is 6.92 Å². The van der Waals surface area contributed by atoms with Crippen molar-refractivity contribution in [3.63, 3.8) is 0 Å². The van der Waals surface area contributed by atoms with Crippen LogP contribution in [0, 0.1) is 11.8 Å². The Bertz CT molecular complexity index is 997. The number of ketones is 1. The maximum Gasteiger partial charge on any atom is 0.235 e. The van der Waals surface area contributed by atoms with Crippen LogP contribution >= 0.6 is 0 Å². The molecule has 2 N–H and O–H groups in total. The van der Waals surface area contributed by atoms with Gasteiger partial charge in [-0.25, -0.2) is 9.80 Å². The molecule has 2 fully saturated rings. The molecule has 11 heteroatoms. The predicted octanol–water partition coefficient (Wildman–Crippen LogP) is 1.80. The molecule has 0 aromatic carbocycles. The van der Waals surface area contributed by atoms with E-state index in [0.29, 0.717) is 18.4 Å². The van der Waals surface area contributed by atoms with Gasteiger partial charge in [0.25, 0.3) is 0 Å². The number of likely N-dealkylation sites (tertiary alicyclic amines) is 2. The number of hydrogen-bond donors (Lipinski definition) is 2. The first kappa shape index (κ1) is 30.6. The third-order valence-electron chi connectivity index (χ3n) is 7.73. The fourth-order valence-electron chi connectivity index (χ4n) is 5.55. The summed E-state index contributed by atoms with van der Waals surface area (Å²) in [6.07, 6.45) is 2.04. The number of nitrogens with zero attached hydrogens (tertiary/aromatic N) is 2. The number of carbonyl (C=O) groups excluding carboxylic acids is 6. The molecular weight excluding hydrogens is 504 g/mol. The summed E-state index contributed by atoms with van der Waals surface area (Å²) in [5, 5.41) is 6.12. The van der Waals surface area contributed by atoms with E-state index in [1.54, 1.807) is 19.9 Å². The molecule has 1 aliphatic carbocycles. The lowest BCUT2D eigenvalue weighted by atomic mass is 9.85. The molecular formula is C28H42N4O7. The Balaban J connectivity index is 2.07. The first-order valence-corrected chi connectivity index (χ1v) is 14.1. The molecule has 39 heavy (non-hydrogen) atoms. The van der Waals surface area contributed by atoms with Crippen molar-refractivity contribution in [1.29, 1.82) is 0 Å². The van der Waals surface area contributed by atoms with Gasteiger partial charge in [0.1, 0.15) is 0 Å². The standard InChI is InChI=1S/C28H42N4O7/c1-7-10-21(34)18-13-20(25(29-17(6)33)22(14-18)39-19(8-2)9-3)30-28(31-23(35)11-15(4)26(31)37)32-24(36)12-16(5)27(32)38/h14-16,19-20,22,25,28,30H,7-13H2,1-6H3,(H,29,33)/t15?,16?,20-,22+,25+,28?/m0/s1. The van der Waals surface area contributed by atoms with Gasteiger partial charge in [0.15, 0.2) is 12.1 Å². The van der Waals surface area contributed by atoms with Gasteiger partial charge < -0.3 is 10.1 Å². The third-order valence-corrected chi connectivity index (χ3v) is 7.73. The van der Waals surface area contributed by atoms with Crippen molar-refractivity contribution in [2.45, 2.75) is 117 Å². The fourth-order valence-corrected chi connectivity index (χ4v) is 5.55. The first-order chi connectivity index (χ1) is 18.4. The average molecular weight is 547 g/mol. The Labute approximate surface area is 230 Å². The Kier molecular flexibility index (Phi) is 10.2. The maximum atomic E-state index is 13.1. The minimum Gasteiger partial charge on any atom is -0.369 e. The number of amides is 5. The number of nitrogens with one attached hydrogen (secondary N) is 2. The van der Waals surface area contributed by atoms with Gasteiger partial charge in [0.05, 0.1) is 18.2 Å². The van der Waals surface area contributed by atoms with Crippen molar-refractivity contribution >= 4 is 35.3 Å². The summed E-state index contributed by atoms with van der Waals surface area (Å²) in [6.45, 7) is 10.5. The van der Waals surface area contributed by atoms with Crippen LogP contribution in [0.2, 0.25) is 0 Å². The van der Waals surface area contributed by atoms with Gasteiger partial charge in [-0.2, -0.15) is 0 Å². The van der Waals surface area contributed by atoms with Gasteiger partial charge in [-0.15, -0.1) is 0 Å². The SMILES string of the molecule is CCCC(=O)C1=C[C@@H](OC(CC)CC)[C@H](NC(C)=O)[C@@H](NC(N2C(=O)CC(C)C2=O)N2C(=O)CC(C)C2=O)C1. The Morgan fingerprint density at radius 1 is 0.949 bits per heavy atom. The molecule has 216 valence electrons. The lowest BCUT2D eigenvalue weighted by Gasteiger charge is -2.43. The molecule has 2 unspecified atom stereocenters. The van der Waals surface area contributed by atoms with E-state index in [2.05, 4.69) is 10.6 Å². The van der Waals surface area contributed by atoms with Gasteiger partial charge in [-0.3, -0.25) is 34.1 Å². The summed E-state index contributed by atoms with van der Waals surface area (Å²) in [7, 11) is 0. The molecule has 3 rings (SSSR count). The zero-order chi connectivity index (χ0) is 29.0. The summed E-state index contributed by atoms with van der Waals surface area (Å²) in [6, 6.07) is -1.42. The van der Waals surface area contributed by atoms with Crippen molar-refractivity contribution in [2.24, 2.45) is 11.8 Å². The van der Waals surface area contributed by atoms with Gasteiger partial charge in [-0.1, -0.05) is 34.6 Å². The van der Waals surface area contributed by atoms with Crippen molar-refractivity contribution in [3.8, 4) is 0 Å². The molecule has 0 aromatic rings. The quantitative estimate of drug-likeness (QED) is 0.353. The summed E-state index contributed by atoms with van der Waals surface area (Å²) in [5.41, 5.74) is 0.505. The largest absolute Gasteiger partial charge is 0.369 e. The normalized spacial score (nSPS) is 28.4. The summed E-state index contributed by atoms with van der Waals surface area (Å²) < 4.78 is 6.36. The second-order valence-electron chi connectivity index (χ2n) is 10.9. The molecule has 11 nitrogen and oxygen atoms in total. The second-order valence-corrected chi connectivity index (χ2v) is 10.9. The average Bonchev–Trinajstić information content (AvgIpc) is 3.28. The predicted molar refractivity (Wildman–Crippen MR) is 141 cm³/mol. The van der Waals surface area contributed by atoms with E-state index in [1.807, 2.05) is 20.8 Å². The molecule has 0 radical (unpaired) electrons. The summed E-state index contributed by atoms with van der Waals surface area (Å²) >= 11 is 0. The van der Waals surface area contributed by atoms with E-state index in [-0.39, 0.29) is 37.1 Å². The highest BCUT2D eigenvalue weighted by Gasteiger charge is 2.50. The fraction of sp³-hybridized carbons (Fsp3) is 0.714. The van der Waals surface area contributed by atoms with Crippen LogP contribution in [0.15, 0.2) is 11.6 Å². The maximum absolute atomic E-state index is 13.1. The monoisotopic (exact) mass is 546 g/mol. The second kappa shape index (κ2) is 13.0. The zero-order valence-electron chi connectivity index (χ0n) is 23.8. The van der Waals surface area contributed by atoms with E-state index < -0.39 is 59.9 Å². The van der Waals surface area contributed by atoms with Crippen molar-refractivity contribution in [3.05, 3.63) is 11.6 Å². The molecule has 5 atom stereocenters. The third kappa shape index (κ3) is 6.63. The summed E-state index contributed by atoms with van der Waals surface area (Å²) in [5.74, 6) is -3.58. The van der Waals surface area contributed by atoms with Crippen LogP contribution in [0.4, 0.5) is 0 Å². The van der Waals surface area contributed by atoms with Crippen molar-refractivity contribution in [2.75, 3.05) is 0 Å². The molecule has 0 saturated carbocycles. The number of ether oxygens (including phenoxy) is 1. The number of rotatable bonds is 12. The Morgan fingerprint density at radius 2 is 1.49 bits per heavy atom. The van der Waals surface area contributed by atoms with Crippen molar-refractivity contribution in [1.82, 2.24) is 20.4 Å². The van der Waals surface area contributed by atoms with Crippen LogP contribution in [-0.2, 0) is 33.5 Å². The Hall–Kier alpha value is -2.92. The molecule has 0 spiro atoms. The molecule has 2 heterocycles. The van der Waals surface area contributed by atoms with Gasteiger partial charge >= 0.3 is 0 Å². The highest BCUT2D eigenvalue weighted by atomic mass is 16.5. The highest BCUT2D eigenvalue weighted by molar-refractivity contribution is 6.07. The van der Waals surface area contributed by atoms with Crippen LogP contribution in [0.25, 0.3) is 0 Å². The van der Waals surface area contributed by atoms with Gasteiger partial charge in [0, 0.05) is 44.1 Å². The number of carbonyl (C=O) groups is 6. The molecule has 3 aliphatic rings. The highest BCUT2D eigenvalue weighted by Crippen LogP contribution is 2.31. The van der Waals surface area contributed by atoms with Crippen LogP contribution in [0.3, 0.4) is 0 Å². The van der Waals surface area contributed by atoms with Crippen LogP contribution < -0.4 is 10.6 Å². The van der Waals surface area contributed by atoms with Gasteiger partial charge in [-0.05, 0) is 37.3 Å². The number of Topliss-reactive ketones (excluding diaryl/α,β-unsaturated/α-hetero) is 1. The van der Waals surface area contributed by atoms with Crippen LogP contribution in [-0.4, -0.2) is 75.7 Å². The van der Waals surface area contributed by atoms with Gasteiger partial charge in [0.2, 0.25) is 29.5 Å². The van der Waals surface area contributed by atoms with E-state index >= 15 is 0 Å².